The summed E-state index contributed by atoms with van der Waals surface area (Å²) in [4.78, 5) is 8.42. The van der Waals surface area contributed by atoms with Gasteiger partial charge in [-0.05, 0) is 30.7 Å². The molecule has 0 atom stereocenters. The van der Waals surface area contributed by atoms with Crippen molar-refractivity contribution in [2.75, 3.05) is 12.4 Å². The summed E-state index contributed by atoms with van der Waals surface area (Å²) in [7, 11) is 1.64. The van der Waals surface area contributed by atoms with Crippen molar-refractivity contribution in [1.29, 1.82) is 0 Å². The number of benzene rings is 2. The number of hydrogen-bond acceptors (Lipinski definition) is 3. The normalized spacial score (nSPS) is 11.2. The summed E-state index contributed by atoms with van der Waals surface area (Å²) in [6.07, 6.45) is 3.37. The Morgan fingerprint density at radius 2 is 2.07 bits per heavy atom. The van der Waals surface area contributed by atoms with Gasteiger partial charge in [0.1, 0.15) is 11.6 Å². The van der Waals surface area contributed by atoms with Crippen LogP contribution in [-0.2, 0) is 17.9 Å². The molecule has 0 spiro atoms. The van der Waals surface area contributed by atoms with Crippen molar-refractivity contribution in [3.05, 3.63) is 77.6 Å². The summed E-state index contributed by atoms with van der Waals surface area (Å²) < 4.78 is 21.3. The molecule has 0 fully saturated rings. The molecule has 148 valence electrons. The molecular weight excluding hydrogens is 472 g/mol. The number of imidazole rings is 1. The van der Waals surface area contributed by atoms with Gasteiger partial charge in [-0.15, -0.1) is 24.0 Å². The average Bonchev–Trinajstić information content (AvgIpc) is 3.08. The van der Waals surface area contributed by atoms with E-state index in [4.69, 9.17) is 10.5 Å². The highest BCUT2D eigenvalue weighted by molar-refractivity contribution is 14.0. The molecule has 1 aromatic heterocycles. The smallest absolute Gasteiger partial charge is 0.193 e. The number of halogens is 2. The van der Waals surface area contributed by atoms with Gasteiger partial charge in [-0.2, -0.15) is 0 Å². The van der Waals surface area contributed by atoms with Gasteiger partial charge in [0.15, 0.2) is 5.96 Å². The topological polar surface area (TPSA) is 77.5 Å². The maximum atomic E-state index is 14.4. The monoisotopic (exact) mass is 495 g/mol. The van der Waals surface area contributed by atoms with Crippen molar-refractivity contribution >= 4 is 35.6 Å². The Labute approximate surface area is 180 Å². The van der Waals surface area contributed by atoms with E-state index >= 15 is 0 Å². The molecular formula is C20H23FIN5O. The summed E-state index contributed by atoms with van der Waals surface area (Å²) in [6, 6.07) is 12.7. The Balaban J connectivity index is 0.00000280. The Hall–Kier alpha value is -2.46. The molecule has 1 heterocycles. The maximum Gasteiger partial charge on any atom is 0.193 e. The van der Waals surface area contributed by atoms with E-state index in [0.717, 1.165) is 22.6 Å². The van der Waals surface area contributed by atoms with Gasteiger partial charge in [0.05, 0.1) is 18.8 Å². The van der Waals surface area contributed by atoms with Crippen LogP contribution in [0.25, 0.3) is 5.69 Å². The van der Waals surface area contributed by atoms with E-state index in [1.54, 1.807) is 30.1 Å². The molecule has 0 saturated heterocycles. The van der Waals surface area contributed by atoms with Gasteiger partial charge in [-0.3, -0.25) is 0 Å². The quantitative estimate of drug-likeness (QED) is 0.308. The van der Waals surface area contributed by atoms with E-state index in [1.165, 1.54) is 6.07 Å². The van der Waals surface area contributed by atoms with Crippen LogP contribution in [-0.4, -0.2) is 22.6 Å². The number of nitrogens with one attached hydrogen (secondary N) is 1. The number of aryl methyl sites for hydroxylation is 1. The van der Waals surface area contributed by atoms with E-state index in [1.807, 2.05) is 37.3 Å². The first-order chi connectivity index (χ1) is 13.1. The highest BCUT2D eigenvalue weighted by Crippen LogP contribution is 2.18. The van der Waals surface area contributed by atoms with Crippen LogP contribution in [0.2, 0.25) is 0 Å². The largest absolute Gasteiger partial charge is 0.380 e. The number of nitrogens with zero attached hydrogens (tertiary/aromatic N) is 3. The van der Waals surface area contributed by atoms with Gasteiger partial charge in [0, 0.05) is 30.8 Å². The second-order valence-corrected chi connectivity index (χ2v) is 6.05. The fourth-order valence-electron chi connectivity index (χ4n) is 2.75. The minimum Gasteiger partial charge on any atom is -0.380 e. The third-order valence-electron chi connectivity index (χ3n) is 4.11. The number of ether oxygens (including phenoxy) is 1. The molecule has 0 unspecified atom stereocenters. The van der Waals surface area contributed by atoms with E-state index in [0.29, 0.717) is 12.3 Å². The van der Waals surface area contributed by atoms with Gasteiger partial charge in [0.25, 0.3) is 0 Å². The van der Waals surface area contributed by atoms with Crippen LogP contribution in [0.15, 0.2) is 59.9 Å². The van der Waals surface area contributed by atoms with E-state index in [2.05, 4.69) is 15.3 Å². The second kappa shape index (κ2) is 10.2. The number of anilines is 1. The Kier molecular flexibility index (Phi) is 7.94. The summed E-state index contributed by atoms with van der Waals surface area (Å²) in [6.45, 7) is 2.56. The van der Waals surface area contributed by atoms with Crippen molar-refractivity contribution in [1.82, 2.24) is 9.55 Å². The van der Waals surface area contributed by atoms with Crippen LogP contribution >= 0.6 is 24.0 Å². The van der Waals surface area contributed by atoms with Crippen molar-refractivity contribution in [2.24, 2.45) is 10.7 Å². The molecule has 0 aliphatic carbocycles. The zero-order chi connectivity index (χ0) is 19.2. The van der Waals surface area contributed by atoms with Crippen LogP contribution in [0.4, 0.5) is 10.1 Å². The predicted molar refractivity (Wildman–Crippen MR) is 120 cm³/mol. The maximum absolute atomic E-state index is 14.4. The summed E-state index contributed by atoms with van der Waals surface area (Å²) >= 11 is 0. The lowest BCUT2D eigenvalue weighted by Crippen LogP contribution is -2.23. The van der Waals surface area contributed by atoms with Crippen molar-refractivity contribution < 1.29 is 9.13 Å². The molecule has 0 aliphatic rings. The van der Waals surface area contributed by atoms with Gasteiger partial charge >= 0.3 is 0 Å². The van der Waals surface area contributed by atoms with Gasteiger partial charge in [-0.25, -0.2) is 14.4 Å². The molecule has 2 aromatic carbocycles. The molecule has 0 aliphatic heterocycles. The van der Waals surface area contributed by atoms with Crippen LogP contribution in [0.5, 0.6) is 0 Å². The summed E-state index contributed by atoms with van der Waals surface area (Å²) in [5, 5.41) is 3.06. The minimum atomic E-state index is -0.333. The zero-order valence-corrected chi connectivity index (χ0v) is 18.1. The highest BCUT2D eigenvalue weighted by Gasteiger charge is 2.08. The minimum absolute atomic E-state index is 0. The number of para-hydroxylation sites is 1. The van der Waals surface area contributed by atoms with Crippen LogP contribution in [0.3, 0.4) is 0 Å². The molecule has 8 heteroatoms. The van der Waals surface area contributed by atoms with E-state index < -0.39 is 0 Å². The number of nitrogens with two attached hydrogens (primary N) is 1. The Morgan fingerprint density at radius 3 is 2.75 bits per heavy atom. The molecule has 3 N–H and O–H groups in total. The number of hydrogen-bond donors (Lipinski definition) is 2. The molecule has 28 heavy (non-hydrogen) atoms. The first kappa shape index (κ1) is 21.8. The molecule has 3 aromatic rings. The van der Waals surface area contributed by atoms with Crippen LogP contribution in [0.1, 0.15) is 17.0 Å². The van der Waals surface area contributed by atoms with Crippen LogP contribution in [0, 0.1) is 12.7 Å². The molecule has 0 amide bonds. The van der Waals surface area contributed by atoms with Gasteiger partial charge in [-0.1, -0.05) is 24.3 Å². The highest BCUT2D eigenvalue weighted by atomic mass is 127. The van der Waals surface area contributed by atoms with Crippen molar-refractivity contribution in [2.45, 2.75) is 20.1 Å². The summed E-state index contributed by atoms with van der Waals surface area (Å²) in [5.74, 6) is 0.650. The second-order valence-electron chi connectivity index (χ2n) is 6.05. The van der Waals surface area contributed by atoms with E-state index in [9.17, 15) is 4.39 Å². The number of methoxy groups -OCH3 is 1. The first-order valence-corrected chi connectivity index (χ1v) is 8.51. The number of aromatic nitrogens is 2. The zero-order valence-electron chi connectivity index (χ0n) is 15.7. The van der Waals surface area contributed by atoms with Crippen molar-refractivity contribution in [3.63, 3.8) is 0 Å². The Bertz CT molecular complexity index is 957. The fraction of sp³-hybridized carbons (Fsp3) is 0.200. The molecule has 3 rings (SSSR count). The van der Waals surface area contributed by atoms with Crippen molar-refractivity contribution in [3.8, 4) is 5.69 Å². The molecule has 0 saturated carbocycles. The molecule has 6 nitrogen and oxygen atoms in total. The number of guanidine groups is 1. The number of aliphatic imine (C=N–C) groups is 1. The van der Waals surface area contributed by atoms with Gasteiger partial charge < -0.3 is 20.4 Å². The lowest BCUT2D eigenvalue weighted by atomic mass is 10.2. The fourth-order valence-corrected chi connectivity index (χ4v) is 2.75. The average molecular weight is 495 g/mol. The lowest BCUT2D eigenvalue weighted by Gasteiger charge is -2.11. The lowest BCUT2D eigenvalue weighted by molar-refractivity contribution is 0.185. The predicted octanol–water partition coefficient (Wildman–Crippen LogP) is 4.01. The standard InChI is InChI=1S/C20H22FN5O.HI/c1-14-23-9-10-26(14)19-8-7-15(11-17(19)21)12-24-20(22)25-18-6-4-3-5-16(18)13-27-2;/h3-11H,12-13H2,1-2H3,(H3,22,24,25);1H. The molecule has 0 bridgehead atoms. The van der Waals surface area contributed by atoms with Crippen LogP contribution < -0.4 is 11.1 Å². The number of rotatable bonds is 6. The third-order valence-corrected chi connectivity index (χ3v) is 4.11. The SMILES string of the molecule is COCc1ccccc1NC(N)=NCc1ccc(-n2ccnc2C)c(F)c1.I. The molecule has 0 radical (unpaired) electrons. The third kappa shape index (κ3) is 5.29. The van der Waals surface area contributed by atoms with E-state index in [-0.39, 0.29) is 42.3 Å². The van der Waals surface area contributed by atoms with Gasteiger partial charge in [0.2, 0.25) is 0 Å². The first-order valence-electron chi connectivity index (χ1n) is 8.51. The Morgan fingerprint density at radius 1 is 1.29 bits per heavy atom. The summed E-state index contributed by atoms with van der Waals surface area (Å²) in [5.41, 5.74) is 8.96.